The predicted molar refractivity (Wildman–Crippen MR) is 246 cm³/mol. The van der Waals surface area contributed by atoms with E-state index in [2.05, 4.69) is 37.4 Å². The molecule has 0 aliphatic carbocycles. The van der Waals surface area contributed by atoms with Gasteiger partial charge >= 0.3 is 12.1 Å². The van der Waals surface area contributed by atoms with Crippen molar-refractivity contribution >= 4 is 23.9 Å². The lowest BCUT2D eigenvalue weighted by Gasteiger charge is -2.32. The van der Waals surface area contributed by atoms with Gasteiger partial charge in [-0.2, -0.15) is 0 Å². The van der Waals surface area contributed by atoms with Crippen molar-refractivity contribution in [1.29, 1.82) is 0 Å². The average Bonchev–Trinajstić information content (AvgIpc) is 4.23. The summed E-state index contributed by atoms with van der Waals surface area (Å²) in [6, 6.07) is 31.9. The number of hydrogen-bond donors (Lipinski definition) is 4. The number of rotatable bonds is 10. The zero-order valence-electron chi connectivity index (χ0n) is 36.6. The number of hydrogen-bond acceptors (Lipinski definition) is 8. The molecule has 5 heterocycles. The summed E-state index contributed by atoms with van der Waals surface area (Å²) in [6.07, 6.45) is 6.04. The third-order valence-electron chi connectivity index (χ3n) is 12.4. The topological polar surface area (TPSA) is 178 Å². The van der Waals surface area contributed by atoms with Crippen molar-refractivity contribution in [3.63, 3.8) is 0 Å². The Morgan fingerprint density at radius 1 is 0.636 bits per heavy atom. The molecule has 9 rings (SSSR count). The molecule has 66 heavy (non-hydrogen) atoms. The van der Waals surface area contributed by atoms with Gasteiger partial charge in [0, 0.05) is 37.3 Å². The van der Waals surface area contributed by atoms with Gasteiger partial charge in [0.15, 0.2) is 0 Å². The number of carbonyl (C=O) groups excluding carboxylic acids is 4. The highest BCUT2D eigenvalue weighted by Gasteiger charge is 2.39. The second-order valence-corrected chi connectivity index (χ2v) is 16.5. The lowest BCUT2D eigenvalue weighted by Crippen LogP contribution is -2.50. The number of aromatic nitrogens is 4. The molecule has 3 aliphatic heterocycles. The number of amides is 5. The Hall–Kier alpha value is -7.70. The molecule has 15 heteroatoms. The highest BCUT2D eigenvalue weighted by Crippen LogP contribution is 2.36. The summed E-state index contributed by atoms with van der Waals surface area (Å²) in [4.78, 5) is 75.3. The van der Waals surface area contributed by atoms with Crippen LogP contribution in [0.5, 0.6) is 0 Å². The summed E-state index contributed by atoms with van der Waals surface area (Å²) >= 11 is 0. The summed E-state index contributed by atoms with van der Waals surface area (Å²) in [5.74, 6) is 7.55. The van der Waals surface area contributed by atoms with Gasteiger partial charge in [0.2, 0.25) is 5.91 Å². The van der Waals surface area contributed by atoms with Crippen molar-refractivity contribution in [1.82, 2.24) is 45.3 Å². The van der Waals surface area contributed by atoms with Gasteiger partial charge in [0.25, 0.3) is 5.91 Å². The molecule has 0 saturated carbocycles. The van der Waals surface area contributed by atoms with E-state index in [4.69, 9.17) is 14.5 Å². The molecule has 4 aromatic carbocycles. The van der Waals surface area contributed by atoms with Gasteiger partial charge in [-0.1, -0.05) is 96.8 Å². The molecular weight excluding hydrogens is 835 g/mol. The van der Waals surface area contributed by atoms with Crippen LogP contribution in [0.25, 0.3) is 22.5 Å². The first-order valence-corrected chi connectivity index (χ1v) is 22.3. The molecule has 0 radical (unpaired) electrons. The van der Waals surface area contributed by atoms with E-state index in [9.17, 15) is 19.2 Å². The lowest BCUT2D eigenvalue weighted by atomic mass is 10.0. The molecule has 3 fully saturated rings. The van der Waals surface area contributed by atoms with E-state index in [1.54, 1.807) is 22.2 Å². The Balaban J connectivity index is 0.829. The van der Waals surface area contributed by atoms with Gasteiger partial charge in [-0.15, -0.1) is 0 Å². The van der Waals surface area contributed by atoms with Crippen molar-refractivity contribution < 1.29 is 28.7 Å². The van der Waals surface area contributed by atoms with Crippen molar-refractivity contribution in [2.75, 3.05) is 46.5 Å². The summed E-state index contributed by atoms with van der Waals surface area (Å²) in [5.41, 5.74) is 6.64. The van der Waals surface area contributed by atoms with E-state index in [1.165, 1.54) is 7.11 Å². The molecule has 4 atom stereocenters. The van der Waals surface area contributed by atoms with Crippen LogP contribution >= 0.6 is 0 Å². The molecule has 0 bridgehead atoms. The monoisotopic (exact) mass is 885 g/mol. The Morgan fingerprint density at radius 3 is 1.55 bits per heavy atom. The smallest absolute Gasteiger partial charge is 0.407 e. The number of aromatic amines is 2. The van der Waals surface area contributed by atoms with Crippen LogP contribution in [0.1, 0.15) is 83.8 Å². The summed E-state index contributed by atoms with van der Waals surface area (Å²) < 4.78 is 10.2. The van der Waals surface area contributed by atoms with Gasteiger partial charge in [0.05, 0.1) is 56.2 Å². The number of methoxy groups -OCH3 is 1. The summed E-state index contributed by atoms with van der Waals surface area (Å²) in [5, 5.41) is 5.73. The van der Waals surface area contributed by atoms with Crippen molar-refractivity contribution in [2.24, 2.45) is 0 Å². The van der Waals surface area contributed by atoms with Crippen LogP contribution in [0, 0.1) is 11.8 Å². The van der Waals surface area contributed by atoms with Crippen LogP contribution in [0.3, 0.4) is 0 Å². The number of benzene rings is 4. The molecule has 3 aliphatic rings. The maximum atomic E-state index is 14.3. The lowest BCUT2D eigenvalue weighted by molar-refractivity contribution is -0.135. The molecule has 15 nitrogen and oxygen atoms in total. The number of morpholine rings is 1. The first-order valence-electron chi connectivity index (χ1n) is 22.3. The Morgan fingerprint density at radius 2 is 1.09 bits per heavy atom. The van der Waals surface area contributed by atoms with Gasteiger partial charge < -0.3 is 44.8 Å². The van der Waals surface area contributed by atoms with Crippen LogP contribution in [0.2, 0.25) is 0 Å². The minimum Gasteiger partial charge on any atom is -0.453 e. The predicted octanol–water partition coefficient (Wildman–Crippen LogP) is 7.07. The average molecular weight is 886 g/mol. The van der Waals surface area contributed by atoms with E-state index in [-0.39, 0.29) is 29.9 Å². The third-order valence-corrected chi connectivity index (χ3v) is 12.4. The molecule has 4 N–H and O–H groups in total. The Kier molecular flexibility index (Phi) is 13.2. The number of H-pyrrole nitrogens is 2. The standard InChI is InChI=1S/C51H51N9O6/c1-65-51(64)57-45(39-12-6-3-7-13-39)49(62)60-27-9-15-43(60)47-53-33-41(55-47)37-24-20-35(21-25-37)17-16-34-18-22-36(23-19-34)40-32-52-46(54-40)42-14-8-26-59(42)48(61)44(38-10-4-2-5-11-38)56-50(63)58-28-30-66-31-29-58/h2-7,10-13,18-25,32-33,42-45H,8-9,14-15,26-31H2,1H3,(H,52,54)(H,53,55)(H,56,63)(H,57,64)/t42-,43-,44+,45+/m0/s1. The summed E-state index contributed by atoms with van der Waals surface area (Å²) in [6.45, 7) is 3.01. The minimum absolute atomic E-state index is 0.164. The fourth-order valence-corrected chi connectivity index (χ4v) is 8.90. The van der Waals surface area contributed by atoms with Crippen molar-refractivity contribution in [3.05, 3.63) is 155 Å². The maximum Gasteiger partial charge on any atom is 0.407 e. The normalized spacial score (nSPS) is 17.9. The zero-order valence-corrected chi connectivity index (χ0v) is 36.6. The van der Waals surface area contributed by atoms with Crippen LogP contribution in [-0.4, -0.2) is 105 Å². The number of imidazole rings is 2. The number of nitrogens with one attached hydrogen (secondary N) is 4. The number of urea groups is 1. The van der Waals surface area contributed by atoms with E-state index in [1.807, 2.05) is 114 Å². The van der Waals surface area contributed by atoms with Crippen LogP contribution < -0.4 is 10.6 Å². The second kappa shape index (κ2) is 20.0. The zero-order chi connectivity index (χ0) is 45.4. The fraction of sp³-hybridized carbons (Fsp3) is 0.294. The number of carbonyl (C=O) groups is 4. The quantitative estimate of drug-likeness (QED) is 0.106. The van der Waals surface area contributed by atoms with Crippen molar-refractivity contribution in [3.8, 4) is 34.4 Å². The highest BCUT2D eigenvalue weighted by molar-refractivity contribution is 5.89. The molecule has 2 aromatic heterocycles. The molecule has 0 spiro atoms. The highest BCUT2D eigenvalue weighted by atomic mass is 16.5. The first-order chi connectivity index (χ1) is 32.3. The van der Waals surface area contributed by atoms with Crippen LogP contribution in [0.15, 0.2) is 122 Å². The van der Waals surface area contributed by atoms with Crippen LogP contribution in [-0.2, 0) is 19.1 Å². The number of ether oxygens (including phenoxy) is 2. The van der Waals surface area contributed by atoms with E-state index < -0.39 is 18.2 Å². The first kappa shape index (κ1) is 43.5. The largest absolute Gasteiger partial charge is 0.453 e. The molecule has 0 unspecified atom stereocenters. The van der Waals surface area contributed by atoms with E-state index in [0.717, 1.165) is 64.9 Å². The number of alkyl carbamates (subject to hydrolysis) is 1. The van der Waals surface area contributed by atoms with Gasteiger partial charge in [-0.05, 0) is 72.2 Å². The SMILES string of the molecule is COC(=O)N[C@@H](C(=O)N1CCC[C@H]1c1ncc(-c2ccc(C#Cc3ccc(-c4cnc([C@@H]5CCCN5C(=O)[C@H](NC(=O)N5CCOCC5)c5ccccc5)[nH]4)cc3)cc2)[nH]1)c1ccccc1. The second-order valence-electron chi connectivity index (χ2n) is 16.5. The Bertz CT molecular complexity index is 2700. The van der Waals surface area contributed by atoms with Crippen molar-refractivity contribution in [2.45, 2.75) is 49.9 Å². The van der Waals surface area contributed by atoms with Gasteiger partial charge in [-0.25, -0.2) is 19.6 Å². The molecular formula is C51H51N9O6. The third kappa shape index (κ3) is 9.69. The van der Waals surface area contributed by atoms with E-state index in [0.29, 0.717) is 56.6 Å². The Labute approximate surface area is 382 Å². The van der Waals surface area contributed by atoms with Gasteiger partial charge in [-0.3, -0.25) is 9.59 Å². The number of likely N-dealkylation sites (tertiary alicyclic amines) is 2. The maximum absolute atomic E-state index is 14.3. The number of nitrogens with zero attached hydrogens (tertiary/aromatic N) is 5. The molecule has 5 amide bonds. The molecule has 6 aromatic rings. The minimum atomic E-state index is -0.886. The van der Waals surface area contributed by atoms with E-state index >= 15 is 0 Å². The van der Waals surface area contributed by atoms with Crippen LogP contribution in [0.4, 0.5) is 9.59 Å². The summed E-state index contributed by atoms with van der Waals surface area (Å²) in [7, 11) is 1.28. The molecule has 3 saturated heterocycles. The van der Waals surface area contributed by atoms with Gasteiger partial charge in [0.1, 0.15) is 23.7 Å². The molecule has 336 valence electrons. The fourth-order valence-electron chi connectivity index (χ4n) is 8.90.